The number of fused-ring (bicyclic) bond motifs is 1. The van der Waals surface area contributed by atoms with Gasteiger partial charge in [-0.2, -0.15) is 9.61 Å². The number of hydrogen-bond acceptors (Lipinski definition) is 8. The molecule has 4 aromatic heterocycles. The first-order valence-electron chi connectivity index (χ1n) is 8.16. The second-order valence-corrected chi connectivity index (χ2v) is 6.74. The average molecular weight is 394 g/mol. The van der Waals surface area contributed by atoms with Gasteiger partial charge in [0.05, 0.1) is 7.11 Å². The molecule has 0 unspecified atom stereocenters. The van der Waals surface area contributed by atoms with Crippen molar-refractivity contribution in [1.29, 1.82) is 0 Å². The Morgan fingerprint density at radius 3 is 2.71 bits per heavy atom. The SMILES string of the molecule is COc1ccc(-c2cc(-c3nn4c(-c5ccncc5)nnc4s3)no2)cc1F. The number of aromatic nitrogens is 6. The summed E-state index contributed by atoms with van der Waals surface area (Å²) in [4.78, 5) is 4.63. The van der Waals surface area contributed by atoms with Gasteiger partial charge in [-0.15, -0.1) is 10.2 Å². The van der Waals surface area contributed by atoms with Crippen LogP contribution in [0, 0.1) is 5.82 Å². The molecule has 138 valence electrons. The van der Waals surface area contributed by atoms with Crippen molar-refractivity contribution < 1.29 is 13.7 Å². The smallest absolute Gasteiger partial charge is 0.235 e. The normalized spacial score (nSPS) is 11.2. The van der Waals surface area contributed by atoms with Crippen molar-refractivity contribution in [2.75, 3.05) is 7.11 Å². The van der Waals surface area contributed by atoms with Crippen LogP contribution in [0.15, 0.2) is 53.3 Å². The lowest BCUT2D eigenvalue weighted by Gasteiger charge is -2.02. The second kappa shape index (κ2) is 6.50. The van der Waals surface area contributed by atoms with E-state index in [0.717, 1.165) is 5.56 Å². The molecule has 28 heavy (non-hydrogen) atoms. The molecule has 0 saturated heterocycles. The maximum Gasteiger partial charge on any atom is 0.235 e. The van der Waals surface area contributed by atoms with E-state index < -0.39 is 5.82 Å². The van der Waals surface area contributed by atoms with Gasteiger partial charge < -0.3 is 9.26 Å². The van der Waals surface area contributed by atoms with E-state index >= 15 is 0 Å². The van der Waals surface area contributed by atoms with E-state index in [4.69, 9.17) is 9.26 Å². The van der Waals surface area contributed by atoms with Gasteiger partial charge in [-0.3, -0.25) is 4.98 Å². The van der Waals surface area contributed by atoms with Crippen LogP contribution in [0.5, 0.6) is 5.75 Å². The van der Waals surface area contributed by atoms with Crippen molar-refractivity contribution in [2.24, 2.45) is 0 Å². The Labute approximate surface area is 161 Å². The van der Waals surface area contributed by atoms with E-state index in [0.29, 0.717) is 32.8 Å². The molecule has 0 aliphatic carbocycles. The van der Waals surface area contributed by atoms with Crippen LogP contribution in [0.25, 0.3) is 38.4 Å². The molecule has 0 bridgehead atoms. The van der Waals surface area contributed by atoms with E-state index in [9.17, 15) is 4.39 Å². The van der Waals surface area contributed by atoms with Gasteiger partial charge in [-0.05, 0) is 30.3 Å². The molecule has 8 nitrogen and oxygen atoms in total. The molecule has 0 aliphatic rings. The minimum atomic E-state index is -0.473. The van der Waals surface area contributed by atoms with E-state index in [-0.39, 0.29) is 5.75 Å². The Hall–Kier alpha value is -3.66. The summed E-state index contributed by atoms with van der Waals surface area (Å²) < 4.78 is 25.9. The summed E-state index contributed by atoms with van der Waals surface area (Å²) in [5, 5.41) is 17.6. The molecular weight excluding hydrogens is 383 g/mol. The average Bonchev–Trinajstić information content (AvgIpc) is 3.44. The first-order chi connectivity index (χ1) is 13.7. The maximum absolute atomic E-state index is 13.9. The molecule has 1 aromatic carbocycles. The van der Waals surface area contributed by atoms with Crippen LogP contribution < -0.4 is 4.74 Å². The largest absolute Gasteiger partial charge is 0.494 e. The predicted molar refractivity (Wildman–Crippen MR) is 99.3 cm³/mol. The Kier molecular flexibility index (Phi) is 3.83. The first-order valence-corrected chi connectivity index (χ1v) is 8.98. The topological polar surface area (TPSA) is 91.2 Å². The van der Waals surface area contributed by atoms with Gasteiger partial charge in [0.25, 0.3) is 0 Å². The minimum absolute atomic E-state index is 0.167. The molecule has 5 rings (SSSR count). The van der Waals surface area contributed by atoms with Gasteiger partial charge in [0.15, 0.2) is 28.2 Å². The molecule has 5 aromatic rings. The van der Waals surface area contributed by atoms with Crippen LogP contribution >= 0.6 is 11.3 Å². The highest BCUT2D eigenvalue weighted by molar-refractivity contribution is 7.19. The number of ether oxygens (including phenoxy) is 1. The monoisotopic (exact) mass is 394 g/mol. The molecule has 0 saturated carbocycles. The summed E-state index contributed by atoms with van der Waals surface area (Å²) in [6.07, 6.45) is 3.36. The van der Waals surface area contributed by atoms with Gasteiger partial charge in [-0.25, -0.2) is 4.39 Å². The fraction of sp³-hybridized carbons (Fsp3) is 0.0556. The lowest BCUT2D eigenvalue weighted by molar-refractivity contribution is 0.386. The summed E-state index contributed by atoms with van der Waals surface area (Å²) in [6, 6.07) is 9.95. The third kappa shape index (κ3) is 2.70. The Bertz CT molecular complexity index is 1280. The van der Waals surface area contributed by atoms with Crippen LogP contribution in [0.4, 0.5) is 4.39 Å². The zero-order valence-electron chi connectivity index (χ0n) is 14.4. The van der Waals surface area contributed by atoms with Crippen LogP contribution in [0.2, 0.25) is 0 Å². The molecule has 0 spiro atoms. The Balaban J connectivity index is 1.52. The number of pyridine rings is 1. The third-order valence-corrected chi connectivity index (χ3v) is 5.02. The van der Waals surface area contributed by atoms with Gasteiger partial charge >= 0.3 is 0 Å². The highest BCUT2D eigenvalue weighted by Crippen LogP contribution is 2.31. The highest BCUT2D eigenvalue weighted by atomic mass is 32.1. The lowest BCUT2D eigenvalue weighted by atomic mass is 10.1. The third-order valence-electron chi connectivity index (χ3n) is 4.09. The quantitative estimate of drug-likeness (QED) is 0.459. The molecule has 0 aliphatic heterocycles. The molecule has 0 radical (unpaired) electrons. The fourth-order valence-corrected chi connectivity index (χ4v) is 3.52. The fourth-order valence-electron chi connectivity index (χ4n) is 2.73. The number of benzene rings is 1. The minimum Gasteiger partial charge on any atom is -0.494 e. The number of rotatable bonds is 4. The van der Waals surface area contributed by atoms with E-state index in [2.05, 4.69) is 25.4 Å². The summed E-state index contributed by atoms with van der Waals surface area (Å²) >= 11 is 1.33. The van der Waals surface area contributed by atoms with Crippen LogP contribution in [-0.4, -0.2) is 37.1 Å². The maximum atomic E-state index is 13.9. The van der Waals surface area contributed by atoms with Crippen molar-refractivity contribution in [3.63, 3.8) is 0 Å². The van der Waals surface area contributed by atoms with Gasteiger partial charge in [0.1, 0.15) is 5.69 Å². The summed E-state index contributed by atoms with van der Waals surface area (Å²) in [7, 11) is 1.42. The van der Waals surface area contributed by atoms with Crippen molar-refractivity contribution in [2.45, 2.75) is 0 Å². The number of hydrogen-bond donors (Lipinski definition) is 0. The number of halogens is 1. The summed E-state index contributed by atoms with van der Waals surface area (Å²) in [5.41, 5.74) is 1.94. The molecule has 0 atom stereocenters. The predicted octanol–water partition coefficient (Wildman–Crippen LogP) is 3.72. The molecule has 0 fully saturated rings. The van der Waals surface area contributed by atoms with Gasteiger partial charge in [-0.1, -0.05) is 16.5 Å². The van der Waals surface area contributed by atoms with Crippen LogP contribution in [0.3, 0.4) is 0 Å². The van der Waals surface area contributed by atoms with Crippen molar-refractivity contribution in [3.8, 4) is 39.2 Å². The van der Waals surface area contributed by atoms with Gasteiger partial charge in [0, 0.05) is 29.6 Å². The number of nitrogens with zero attached hydrogens (tertiary/aromatic N) is 6. The summed E-state index contributed by atoms with van der Waals surface area (Å²) in [5.74, 6) is 0.734. The molecular formula is C18H11FN6O2S. The Morgan fingerprint density at radius 2 is 1.93 bits per heavy atom. The molecule has 4 heterocycles. The lowest BCUT2D eigenvalue weighted by Crippen LogP contribution is -1.91. The van der Waals surface area contributed by atoms with E-state index in [1.165, 1.54) is 30.6 Å². The zero-order chi connectivity index (χ0) is 19.1. The second-order valence-electron chi connectivity index (χ2n) is 5.79. The molecule has 0 N–H and O–H groups in total. The molecule has 10 heteroatoms. The zero-order valence-corrected chi connectivity index (χ0v) is 15.2. The van der Waals surface area contributed by atoms with Gasteiger partial charge in [0.2, 0.25) is 4.96 Å². The van der Waals surface area contributed by atoms with Crippen LogP contribution in [0.1, 0.15) is 0 Å². The standard InChI is InChI=1S/C18H11FN6O2S/c1-26-14-3-2-11(8-12(14)19)15-9-13(24-27-15)17-23-25-16(21-22-18(25)28-17)10-4-6-20-7-5-10/h2-9H,1H3. The van der Waals surface area contributed by atoms with E-state index in [1.54, 1.807) is 29.0 Å². The van der Waals surface area contributed by atoms with Crippen LogP contribution in [-0.2, 0) is 0 Å². The first kappa shape index (κ1) is 16.5. The van der Waals surface area contributed by atoms with Crippen molar-refractivity contribution in [1.82, 2.24) is 30.0 Å². The molecule has 0 amide bonds. The van der Waals surface area contributed by atoms with Crippen molar-refractivity contribution >= 4 is 16.3 Å². The summed E-state index contributed by atoms with van der Waals surface area (Å²) in [6.45, 7) is 0. The van der Waals surface area contributed by atoms with E-state index in [1.807, 2.05) is 12.1 Å². The van der Waals surface area contributed by atoms with Crippen molar-refractivity contribution in [3.05, 3.63) is 54.6 Å². The Morgan fingerprint density at radius 1 is 1.07 bits per heavy atom. The highest BCUT2D eigenvalue weighted by Gasteiger charge is 2.18. The number of methoxy groups -OCH3 is 1.